The maximum absolute atomic E-state index is 12.5. The molecule has 0 atom stereocenters. The summed E-state index contributed by atoms with van der Waals surface area (Å²) in [6.07, 6.45) is 6.81. The van der Waals surface area contributed by atoms with Crippen molar-refractivity contribution in [3.8, 4) is 0 Å². The van der Waals surface area contributed by atoms with E-state index in [1.54, 1.807) is 6.20 Å². The van der Waals surface area contributed by atoms with Gasteiger partial charge in [0.25, 0.3) is 0 Å². The molecule has 1 N–H and O–H groups in total. The smallest absolute Gasteiger partial charge is 0.322 e. The van der Waals surface area contributed by atoms with E-state index in [-0.39, 0.29) is 6.03 Å². The molecular formula is C17H25N7O. The molecule has 134 valence electrons. The van der Waals surface area contributed by atoms with Gasteiger partial charge in [-0.1, -0.05) is 6.92 Å². The minimum absolute atomic E-state index is 0.0391. The summed E-state index contributed by atoms with van der Waals surface area (Å²) < 4.78 is 4.12. The normalized spacial score (nSPS) is 17.7. The molecule has 8 nitrogen and oxygen atoms in total. The third-order valence-electron chi connectivity index (χ3n) is 5.17. The van der Waals surface area contributed by atoms with E-state index in [0.29, 0.717) is 5.92 Å². The number of aromatic nitrogens is 5. The van der Waals surface area contributed by atoms with Crippen LogP contribution in [0.15, 0.2) is 12.3 Å². The zero-order chi connectivity index (χ0) is 17.2. The molecule has 8 heteroatoms. The van der Waals surface area contributed by atoms with Crippen molar-refractivity contribution < 1.29 is 4.79 Å². The van der Waals surface area contributed by atoms with Crippen LogP contribution in [0.2, 0.25) is 0 Å². The molecule has 2 aromatic heterocycles. The first-order valence-electron chi connectivity index (χ1n) is 9.26. The van der Waals surface area contributed by atoms with Gasteiger partial charge in [0, 0.05) is 44.6 Å². The second kappa shape index (κ2) is 6.85. The molecule has 0 aliphatic carbocycles. The fourth-order valence-electron chi connectivity index (χ4n) is 3.83. The van der Waals surface area contributed by atoms with Gasteiger partial charge in [0.15, 0.2) is 0 Å². The predicted molar refractivity (Wildman–Crippen MR) is 93.4 cm³/mol. The van der Waals surface area contributed by atoms with Crippen LogP contribution in [0.5, 0.6) is 0 Å². The number of anilines is 1. The van der Waals surface area contributed by atoms with Crippen LogP contribution in [0.25, 0.3) is 0 Å². The number of fused-ring (bicyclic) bond motifs is 1. The highest BCUT2D eigenvalue weighted by Crippen LogP contribution is 2.29. The Hall–Kier alpha value is -2.38. The molecule has 2 amide bonds. The van der Waals surface area contributed by atoms with Crippen LogP contribution in [0, 0.1) is 0 Å². The van der Waals surface area contributed by atoms with E-state index in [9.17, 15) is 4.79 Å². The minimum Gasteiger partial charge on any atom is -0.324 e. The quantitative estimate of drug-likeness (QED) is 0.923. The molecule has 4 heterocycles. The highest BCUT2D eigenvalue weighted by Gasteiger charge is 2.29. The number of rotatable bonds is 4. The third kappa shape index (κ3) is 3.12. The molecule has 0 aromatic carbocycles. The summed E-state index contributed by atoms with van der Waals surface area (Å²) in [6, 6.07) is 1.81. The van der Waals surface area contributed by atoms with Crippen molar-refractivity contribution in [2.45, 2.75) is 58.0 Å². The van der Waals surface area contributed by atoms with E-state index in [1.165, 1.54) is 6.42 Å². The second-order valence-corrected chi connectivity index (χ2v) is 6.86. The number of carbonyl (C=O) groups excluding carboxylic acids is 1. The number of aryl methyl sites for hydroxylation is 2. The topological polar surface area (TPSA) is 80.9 Å². The number of likely N-dealkylation sites (tertiary alicyclic amines) is 1. The number of piperidine rings is 1. The lowest BCUT2D eigenvalue weighted by atomic mass is 9.96. The van der Waals surface area contributed by atoms with Crippen molar-refractivity contribution in [1.29, 1.82) is 0 Å². The molecule has 0 saturated carbocycles. The standard InChI is InChI=1S/C17H25N7O/c1-2-9-24-14(5-8-18-24)19-17(25)22-11-6-13(7-12-22)16-21-20-15-4-3-10-23(15)16/h5,8,13H,2-4,6-7,9-12H2,1H3,(H,19,25). The number of amides is 2. The highest BCUT2D eigenvalue weighted by atomic mass is 16.2. The SMILES string of the molecule is CCCn1nccc1NC(=O)N1CCC(c2nnc3n2CCC3)CC1. The molecule has 1 saturated heterocycles. The van der Waals surface area contributed by atoms with Crippen molar-refractivity contribution in [2.75, 3.05) is 18.4 Å². The Morgan fingerprint density at radius 3 is 2.92 bits per heavy atom. The van der Waals surface area contributed by atoms with Crippen LogP contribution in [-0.2, 0) is 19.5 Å². The fraction of sp³-hybridized carbons (Fsp3) is 0.647. The van der Waals surface area contributed by atoms with Crippen molar-refractivity contribution in [2.24, 2.45) is 0 Å². The van der Waals surface area contributed by atoms with Crippen LogP contribution in [0.3, 0.4) is 0 Å². The van der Waals surface area contributed by atoms with Gasteiger partial charge in [-0.2, -0.15) is 5.10 Å². The van der Waals surface area contributed by atoms with E-state index in [4.69, 9.17) is 0 Å². The summed E-state index contributed by atoms with van der Waals surface area (Å²) in [5.74, 6) is 3.42. The van der Waals surface area contributed by atoms with Gasteiger partial charge in [-0.3, -0.25) is 5.32 Å². The Balaban J connectivity index is 1.35. The Bertz CT molecular complexity index is 742. The summed E-state index contributed by atoms with van der Waals surface area (Å²) in [6.45, 7) is 5.45. The van der Waals surface area contributed by atoms with Gasteiger partial charge >= 0.3 is 6.03 Å². The average molecular weight is 343 g/mol. The van der Waals surface area contributed by atoms with E-state index in [2.05, 4.69) is 32.1 Å². The van der Waals surface area contributed by atoms with Crippen LogP contribution in [0.4, 0.5) is 10.6 Å². The largest absolute Gasteiger partial charge is 0.324 e. The lowest BCUT2D eigenvalue weighted by Crippen LogP contribution is -2.41. The first-order chi connectivity index (χ1) is 12.3. The number of nitrogens with zero attached hydrogens (tertiary/aromatic N) is 6. The van der Waals surface area contributed by atoms with E-state index >= 15 is 0 Å². The van der Waals surface area contributed by atoms with E-state index < -0.39 is 0 Å². The summed E-state index contributed by atoms with van der Waals surface area (Å²) >= 11 is 0. The molecule has 25 heavy (non-hydrogen) atoms. The molecule has 0 bridgehead atoms. The molecular weight excluding hydrogens is 318 g/mol. The predicted octanol–water partition coefficient (Wildman–Crippen LogP) is 2.24. The monoisotopic (exact) mass is 343 g/mol. The van der Waals surface area contributed by atoms with Gasteiger partial charge in [-0.05, 0) is 25.7 Å². The maximum Gasteiger partial charge on any atom is 0.322 e. The molecule has 2 aliphatic rings. The van der Waals surface area contributed by atoms with Crippen LogP contribution >= 0.6 is 0 Å². The zero-order valence-corrected chi connectivity index (χ0v) is 14.7. The molecule has 1 fully saturated rings. The van der Waals surface area contributed by atoms with Crippen molar-refractivity contribution >= 4 is 11.8 Å². The number of carbonyl (C=O) groups is 1. The lowest BCUT2D eigenvalue weighted by molar-refractivity contribution is 0.192. The lowest BCUT2D eigenvalue weighted by Gasteiger charge is -2.31. The molecule has 0 spiro atoms. The van der Waals surface area contributed by atoms with Gasteiger partial charge < -0.3 is 9.47 Å². The Labute approximate surface area is 147 Å². The van der Waals surface area contributed by atoms with Gasteiger partial charge in [0.05, 0.1) is 6.20 Å². The van der Waals surface area contributed by atoms with Gasteiger partial charge in [-0.25, -0.2) is 9.48 Å². The number of hydrogen-bond donors (Lipinski definition) is 1. The van der Waals surface area contributed by atoms with Gasteiger partial charge in [-0.15, -0.1) is 10.2 Å². The minimum atomic E-state index is -0.0391. The van der Waals surface area contributed by atoms with Crippen molar-refractivity contribution in [3.63, 3.8) is 0 Å². The van der Waals surface area contributed by atoms with E-state index in [1.807, 2.05) is 15.6 Å². The van der Waals surface area contributed by atoms with Crippen molar-refractivity contribution in [3.05, 3.63) is 23.9 Å². The first kappa shape index (κ1) is 16.1. The Kier molecular flexibility index (Phi) is 4.42. The van der Waals surface area contributed by atoms with E-state index in [0.717, 1.165) is 69.3 Å². The zero-order valence-electron chi connectivity index (χ0n) is 14.7. The molecule has 2 aromatic rings. The first-order valence-corrected chi connectivity index (χ1v) is 9.26. The third-order valence-corrected chi connectivity index (χ3v) is 5.17. The maximum atomic E-state index is 12.5. The highest BCUT2D eigenvalue weighted by molar-refractivity contribution is 5.88. The number of hydrogen-bond acceptors (Lipinski definition) is 4. The Morgan fingerprint density at radius 2 is 2.12 bits per heavy atom. The number of urea groups is 1. The second-order valence-electron chi connectivity index (χ2n) is 6.86. The van der Waals surface area contributed by atoms with Crippen LogP contribution in [0.1, 0.15) is 50.2 Å². The van der Waals surface area contributed by atoms with Crippen LogP contribution in [-0.4, -0.2) is 48.6 Å². The summed E-state index contributed by atoms with van der Waals surface area (Å²) in [7, 11) is 0. The van der Waals surface area contributed by atoms with Gasteiger partial charge in [0.1, 0.15) is 17.5 Å². The summed E-state index contributed by atoms with van der Waals surface area (Å²) in [5, 5.41) is 16.0. The summed E-state index contributed by atoms with van der Waals surface area (Å²) in [4.78, 5) is 14.4. The molecule has 0 unspecified atom stereocenters. The van der Waals surface area contributed by atoms with Crippen molar-refractivity contribution in [1.82, 2.24) is 29.4 Å². The molecule has 4 rings (SSSR count). The Morgan fingerprint density at radius 1 is 1.28 bits per heavy atom. The molecule has 2 aliphatic heterocycles. The fourth-order valence-corrected chi connectivity index (χ4v) is 3.83. The molecule has 0 radical (unpaired) electrons. The van der Waals surface area contributed by atoms with Gasteiger partial charge in [0.2, 0.25) is 0 Å². The summed E-state index contributed by atoms with van der Waals surface area (Å²) in [5.41, 5.74) is 0. The average Bonchev–Trinajstić information content (AvgIpc) is 3.33. The number of nitrogens with one attached hydrogen (secondary N) is 1. The van der Waals surface area contributed by atoms with Crippen LogP contribution < -0.4 is 5.32 Å².